The Morgan fingerprint density at radius 1 is 1.06 bits per heavy atom. The Bertz CT molecular complexity index is 1280. The fraction of sp³-hybridized carbons (Fsp3) is 0.360. The standard InChI is InChI=1S/C25H24F3N5O2/c26-25(27,28)35-18-7-5-17(6-8-18)20-9-4-16(13-30-20)14-33-12-10-21-19(15-33)24(34)32-23(31-21)22-3-1-2-11-29-22/h4-9,13H,1-3,10-12,14-15H2,(H,31,32,34). The smallest absolute Gasteiger partial charge is 0.406 e. The number of benzene rings is 1. The van der Waals surface area contributed by atoms with Gasteiger partial charge in [-0.3, -0.25) is 19.7 Å². The minimum Gasteiger partial charge on any atom is -0.406 e. The minimum atomic E-state index is -4.72. The maximum absolute atomic E-state index is 12.8. The van der Waals surface area contributed by atoms with Crippen LogP contribution in [-0.4, -0.2) is 45.0 Å². The van der Waals surface area contributed by atoms with Gasteiger partial charge in [0, 0.05) is 44.4 Å². The van der Waals surface area contributed by atoms with Crippen LogP contribution < -0.4 is 10.3 Å². The molecule has 10 heteroatoms. The highest BCUT2D eigenvalue weighted by atomic mass is 19.4. The molecule has 2 aliphatic heterocycles. The van der Waals surface area contributed by atoms with Crippen LogP contribution in [0.3, 0.4) is 0 Å². The number of aliphatic imine (C=N–C) groups is 1. The van der Waals surface area contributed by atoms with Crippen molar-refractivity contribution in [1.29, 1.82) is 0 Å². The fourth-order valence-corrected chi connectivity index (χ4v) is 4.42. The van der Waals surface area contributed by atoms with Gasteiger partial charge in [-0.05, 0) is 55.2 Å². The van der Waals surface area contributed by atoms with Crippen LogP contribution in [0, 0.1) is 0 Å². The molecular weight excluding hydrogens is 459 g/mol. The number of hydrogen-bond acceptors (Lipinski definition) is 6. The number of aromatic nitrogens is 3. The van der Waals surface area contributed by atoms with Gasteiger partial charge in [-0.2, -0.15) is 0 Å². The number of alkyl halides is 3. The van der Waals surface area contributed by atoms with E-state index in [9.17, 15) is 18.0 Å². The maximum Gasteiger partial charge on any atom is 0.573 e. The lowest BCUT2D eigenvalue weighted by molar-refractivity contribution is -0.274. The molecule has 1 N–H and O–H groups in total. The Morgan fingerprint density at radius 2 is 1.89 bits per heavy atom. The first kappa shape index (κ1) is 23.2. The van der Waals surface area contributed by atoms with Crippen molar-refractivity contribution in [2.75, 3.05) is 13.1 Å². The van der Waals surface area contributed by atoms with Gasteiger partial charge >= 0.3 is 6.36 Å². The quantitative estimate of drug-likeness (QED) is 0.586. The Labute approximate surface area is 199 Å². The van der Waals surface area contributed by atoms with E-state index in [-0.39, 0.29) is 11.3 Å². The Hall–Kier alpha value is -3.53. The van der Waals surface area contributed by atoms with Gasteiger partial charge in [-0.25, -0.2) is 4.98 Å². The molecule has 0 unspecified atom stereocenters. The molecule has 0 atom stereocenters. The number of halogens is 3. The second-order valence-electron chi connectivity index (χ2n) is 8.71. The van der Waals surface area contributed by atoms with Crippen molar-refractivity contribution in [1.82, 2.24) is 19.9 Å². The van der Waals surface area contributed by atoms with E-state index >= 15 is 0 Å². The lowest BCUT2D eigenvalue weighted by Gasteiger charge is -2.27. The normalized spacial score (nSPS) is 16.5. The largest absolute Gasteiger partial charge is 0.573 e. The topological polar surface area (TPSA) is 83.5 Å². The zero-order valence-electron chi connectivity index (χ0n) is 18.9. The van der Waals surface area contributed by atoms with E-state index in [1.165, 1.54) is 24.3 Å². The van der Waals surface area contributed by atoms with E-state index in [1.54, 1.807) is 6.20 Å². The molecule has 0 saturated heterocycles. The van der Waals surface area contributed by atoms with Crippen molar-refractivity contribution < 1.29 is 17.9 Å². The molecule has 2 aromatic heterocycles. The van der Waals surface area contributed by atoms with E-state index in [0.29, 0.717) is 42.2 Å². The van der Waals surface area contributed by atoms with Gasteiger partial charge in [-0.1, -0.05) is 6.07 Å². The Morgan fingerprint density at radius 3 is 2.57 bits per heavy atom. The molecule has 0 saturated carbocycles. The van der Waals surface area contributed by atoms with Gasteiger partial charge in [-0.15, -0.1) is 13.2 Å². The van der Waals surface area contributed by atoms with E-state index in [2.05, 4.69) is 24.6 Å². The van der Waals surface area contributed by atoms with E-state index < -0.39 is 6.36 Å². The van der Waals surface area contributed by atoms with Crippen molar-refractivity contribution in [3.05, 3.63) is 75.6 Å². The molecule has 1 aromatic carbocycles. The van der Waals surface area contributed by atoms with Crippen LogP contribution in [0.15, 0.2) is 52.4 Å². The van der Waals surface area contributed by atoms with Crippen molar-refractivity contribution in [3.8, 4) is 17.0 Å². The summed E-state index contributed by atoms with van der Waals surface area (Å²) in [6.45, 7) is 2.69. The monoisotopic (exact) mass is 483 g/mol. The van der Waals surface area contributed by atoms with Gasteiger partial charge in [0.15, 0.2) is 5.82 Å². The van der Waals surface area contributed by atoms with Crippen molar-refractivity contribution in [2.45, 2.75) is 45.1 Å². The number of fused-ring (bicyclic) bond motifs is 1. The number of H-pyrrole nitrogens is 1. The second kappa shape index (κ2) is 9.61. The summed E-state index contributed by atoms with van der Waals surface area (Å²) in [5.41, 5.74) is 4.65. The van der Waals surface area contributed by atoms with Crippen molar-refractivity contribution in [3.63, 3.8) is 0 Å². The molecule has 0 bridgehead atoms. The third-order valence-electron chi connectivity index (χ3n) is 6.16. The molecule has 0 spiro atoms. The van der Waals surface area contributed by atoms with Gasteiger partial charge in [0.1, 0.15) is 5.75 Å². The lowest BCUT2D eigenvalue weighted by atomic mass is 10.0. The minimum absolute atomic E-state index is 0.102. The van der Waals surface area contributed by atoms with Gasteiger partial charge in [0.2, 0.25) is 0 Å². The van der Waals surface area contributed by atoms with Crippen molar-refractivity contribution >= 4 is 5.71 Å². The molecule has 0 aliphatic carbocycles. The summed E-state index contributed by atoms with van der Waals surface area (Å²) in [5.74, 6) is 0.339. The highest BCUT2D eigenvalue weighted by Crippen LogP contribution is 2.26. The van der Waals surface area contributed by atoms with Gasteiger partial charge < -0.3 is 9.72 Å². The number of nitrogens with zero attached hydrogens (tertiary/aromatic N) is 4. The summed E-state index contributed by atoms with van der Waals surface area (Å²) in [6.07, 6.45) is 0.714. The van der Waals surface area contributed by atoms with Crippen LogP contribution >= 0.6 is 0 Å². The van der Waals surface area contributed by atoms with Crippen LogP contribution in [0.1, 0.15) is 41.9 Å². The molecule has 2 aliphatic rings. The number of pyridine rings is 1. The number of nitrogens with one attached hydrogen (secondary N) is 1. The number of aromatic amines is 1. The number of rotatable bonds is 5. The first-order chi connectivity index (χ1) is 16.8. The highest BCUT2D eigenvalue weighted by Gasteiger charge is 2.31. The van der Waals surface area contributed by atoms with E-state index in [4.69, 9.17) is 4.98 Å². The molecule has 0 radical (unpaired) electrons. The maximum atomic E-state index is 12.8. The Balaban J connectivity index is 1.24. The molecule has 4 heterocycles. The Kier molecular flexibility index (Phi) is 6.38. The van der Waals surface area contributed by atoms with Crippen LogP contribution in [0.2, 0.25) is 0 Å². The SMILES string of the molecule is O=c1[nH]c(C2=NCCCC2)nc2c1CN(Cc1ccc(-c3ccc(OC(F)(F)F)cc3)nc1)CC2. The molecule has 5 rings (SSSR count). The molecule has 0 fully saturated rings. The average Bonchev–Trinajstić information content (AvgIpc) is 2.85. The zero-order valence-corrected chi connectivity index (χ0v) is 18.9. The molecule has 182 valence electrons. The third kappa shape index (κ3) is 5.59. The molecular formula is C25H24F3N5O2. The predicted molar refractivity (Wildman–Crippen MR) is 124 cm³/mol. The summed E-state index contributed by atoms with van der Waals surface area (Å²) in [4.78, 5) is 31.6. The first-order valence-corrected chi connectivity index (χ1v) is 11.5. The van der Waals surface area contributed by atoms with Crippen LogP contribution in [0.25, 0.3) is 11.3 Å². The van der Waals surface area contributed by atoms with Gasteiger partial charge in [0.05, 0.1) is 22.7 Å². The summed E-state index contributed by atoms with van der Waals surface area (Å²) in [5, 5.41) is 0. The third-order valence-corrected chi connectivity index (χ3v) is 6.16. The van der Waals surface area contributed by atoms with E-state index in [1.807, 2.05) is 12.1 Å². The molecule has 7 nitrogen and oxygen atoms in total. The van der Waals surface area contributed by atoms with Crippen LogP contribution in [-0.2, 0) is 19.5 Å². The summed E-state index contributed by atoms with van der Waals surface area (Å²) < 4.78 is 40.9. The van der Waals surface area contributed by atoms with Crippen molar-refractivity contribution in [2.24, 2.45) is 4.99 Å². The lowest BCUT2D eigenvalue weighted by Crippen LogP contribution is -2.36. The second-order valence-corrected chi connectivity index (χ2v) is 8.71. The number of hydrogen-bond donors (Lipinski definition) is 1. The predicted octanol–water partition coefficient (Wildman–Crippen LogP) is 4.26. The summed E-state index contributed by atoms with van der Waals surface area (Å²) in [6, 6.07) is 9.38. The molecule has 3 aromatic rings. The van der Waals surface area contributed by atoms with Crippen LogP contribution in [0.5, 0.6) is 5.75 Å². The van der Waals surface area contributed by atoms with Gasteiger partial charge in [0.25, 0.3) is 5.56 Å². The molecule has 35 heavy (non-hydrogen) atoms. The molecule has 0 amide bonds. The highest BCUT2D eigenvalue weighted by molar-refractivity contribution is 5.97. The van der Waals surface area contributed by atoms with E-state index in [0.717, 1.165) is 49.3 Å². The average molecular weight is 483 g/mol. The summed E-state index contributed by atoms with van der Waals surface area (Å²) >= 11 is 0. The fourth-order valence-electron chi connectivity index (χ4n) is 4.42. The van der Waals surface area contributed by atoms with Crippen LogP contribution in [0.4, 0.5) is 13.2 Å². The zero-order chi connectivity index (χ0) is 24.4. The summed E-state index contributed by atoms with van der Waals surface area (Å²) in [7, 11) is 0. The number of ether oxygens (including phenoxy) is 1. The first-order valence-electron chi connectivity index (χ1n) is 11.5.